The predicted octanol–water partition coefficient (Wildman–Crippen LogP) is 4.15. The highest BCUT2D eigenvalue weighted by Gasteiger charge is 2.18. The maximum absolute atomic E-state index is 12.8. The van der Waals surface area contributed by atoms with Gasteiger partial charge in [0.05, 0.1) is 11.4 Å². The molecule has 0 atom stereocenters. The molecule has 1 aliphatic rings. The average molecular weight is 365 g/mol. The summed E-state index contributed by atoms with van der Waals surface area (Å²) in [6.45, 7) is 6.13. The van der Waals surface area contributed by atoms with Gasteiger partial charge in [-0.05, 0) is 61.1 Å². The van der Waals surface area contributed by atoms with Gasteiger partial charge in [-0.25, -0.2) is 0 Å². The standard InChI is InChI=1S/C22H27N3O2/c1-15(2)16-6-8-17(9-7-16)22(27)24-19-14-18(21(23)26)10-11-20(19)25-12-4-3-5-13-25/h6-11,14-15H,3-5,12-13H2,1-2H3,(H2,23,26)(H,24,27). The fourth-order valence-corrected chi connectivity index (χ4v) is 3.41. The molecule has 0 saturated carbocycles. The number of primary amides is 1. The molecule has 3 rings (SSSR count). The van der Waals surface area contributed by atoms with E-state index in [1.807, 2.05) is 30.3 Å². The second-order valence-corrected chi connectivity index (χ2v) is 7.37. The first kappa shape index (κ1) is 19.0. The van der Waals surface area contributed by atoms with E-state index < -0.39 is 5.91 Å². The van der Waals surface area contributed by atoms with Crippen molar-refractivity contribution >= 4 is 23.2 Å². The summed E-state index contributed by atoms with van der Waals surface area (Å²) in [6, 6.07) is 12.9. The SMILES string of the molecule is CC(C)c1ccc(C(=O)Nc2cc(C(N)=O)ccc2N2CCCCC2)cc1. The van der Waals surface area contributed by atoms with Gasteiger partial charge in [-0.15, -0.1) is 0 Å². The van der Waals surface area contributed by atoms with Crippen molar-refractivity contribution in [2.24, 2.45) is 5.73 Å². The third-order valence-electron chi connectivity index (χ3n) is 5.07. The van der Waals surface area contributed by atoms with Gasteiger partial charge in [0.15, 0.2) is 0 Å². The minimum absolute atomic E-state index is 0.190. The van der Waals surface area contributed by atoms with Crippen LogP contribution in [-0.2, 0) is 0 Å². The molecule has 0 unspecified atom stereocenters. The van der Waals surface area contributed by atoms with E-state index in [-0.39, 0.29) is 5.91 Å². The lowest BCUT2D eigenvalue weighted by Crippen LogP contribution is -2.30. The van der Waals surface area contributed by atoms with E-state index in [2.05, 4.69) is 24.1 Å². The fraction of sp³-hybridized carbons (Fsp3) is 0.364. The number of hydrogen-bond donors (Lipinski definition) is 2. The van der Waals surface area contributed by atoms with Crippen LogP contribution in [0.5, 0.6) is 0 Å². The van der Waals surface area contributed by atoms with Gasteiger partial charge in [0, 0.05) is 24.2 Å². The van der Waals surface area contributed by atoms with Crippen LogP contribution < -0.4 is 16.0 Å². The molecule has 0 aliphatic carbocycles. The van der Waals surface area contributed by atoms with E-state index in [1.54, 1.807) is 12.1 Å². The number of nitrogens with one attached hydrogen (secondary N) is 1. The highest BCUT2D eigenvalue weighted by Crippen LogP contribution is 2.30. The van der Waals surface area contributed by atoms with Crippen LogP contribution in [0, 0.1) is 0 Å². The van der Waals surface area contributed by atoms with Crippen molar-refractivity contribution in [1.82, 2.24) is 0 Å². The quantitative estimate of drug-likeness (QED) is 0.836. The van der Waals surface area contributed by atoms with E-state index in [0.29, 0.717) is 22.7 Å². The molecule has 5 heteroatoms. The molecule has 3 N–H and O–H groups in total. The molecule has 1 heterocycles. The first-order valence-electron chi connectivity index (χ1n) is 9.56. The van der Waals surface area contributed by atoms with Crippen molar-refractivity contribution < 1.29 is 9.59 Å². The van der Waals surface area contributed by atoms with Gasteiger partial charge >= 0.3 is 0 Å². The Morgan fingerprint density at radius 1 is 0.963 bits per heavy atom. The minimum Gasteiger partial charge on any atom is -0.370 e. The first-order valence-corrected chi connectivity index (χ1v) is 9.56. The fourth-order valence-electron chi connectivity index (χ4n) is 3.41. The Morgan fingerprint density at radius 3 is 2.19 bits per heavy atom. The van der Waals surface area contributed by atoms with Crippen LogP contribution in [-0.4, -0.2) is 24.9 Å². The molecule has 1 aliphatic heterocycles. The molecule has 1 fully saturated rings. The number of anilines is 2. The van der Waals surface area contributed by atoms with Crippen LogP contribution in [0.15, 0.2) is 42.5 Å². The third-order valence-corrected chi connectivity index (χ3v) is 5.07. The molecule has 0 bridgehead atoms. The topological polar surface area (TPSA) is 75.4 Å². The van der Waals surface area contributed by atoms with Gasteiger partial charge in [-0.2, -0.15) is 0 Å². The number of carbonyl (C=O) groups excluding carboxylic acids is 2. The summed E-state index contributed by atoms with van der Waals surface area (Å²) in [5, 5.41) is 2.98. The van der Waals surface area contributed by atoms with Crippen LogP contribution in [0.1, 0.15) is 65.3 Å². The maximum atomic E-state index is 12.8. The lowest BCUT2D eigenvalue weighted by Gasteiger charge is -2.30. The summed E-state index contributed by atoms with van der Waals surface area (Å²) in [5.74, 6) is -0.276. The lowest BCUT2D eigenvalue weighted by molar-refractivity contribution is 0.0996. The number of rotatable bonds is 5. The summed E-state index contributed by atoms with van der Waals surface area (Å²) < 4.78 is 0. The Labute approximate surface area is 160 Å². The Kier molecular flexibility index (Phi) is 5.79. The molecule has 2 amide bonds. The van der Waals surface area contributed by atoms with Crippen molar-refractivity contribution in [1.29, 1.82) is 0 Å². The van der Waals surface area contributed by atoms with Crippen LogP contribution in [0.2, 0.25) is 0 Å². The normalized spacial score (nSPS) is 14.3. The largest absolute Gasteiger partial charge is 0.370 e. The average Bonchev–Trinajstić information content (AvgIpc) is 2.68. The van der Waals surface area contributed by atoms with Gasteiger partial charge in [0.2, 0.25) is 5.91 Å². The van der Waals surface area contributed by atoms with Crippen molar-refractivity contribution in [2.45, 2.75) is 39.0 Å². The number of nitrogens with zero attached hydrogens (tertiary/aromatic N) is 1. The van der Waals surface area contributed by atoms with Gasteiger partial charge < -0.3 is 16.0 Å². The summed E-state index contributed by atoms with van der Waals surface area (Å²) >= 11 is 0. The number of carbonyl (C=O) groups is 2. The summed E-state index contributed by atoms with van der Waals surface area (Å²) in [6.07, 6.45) is 3.48. The van der Waals surface area contributed by atoms with Crippen LogP contribution in [0.3, 0.4) is 0 Å². The zero-order chi connectivity index (χ0) is 19.4. The molecule has 5 nitrogen and oxygen atoms in total. The van der Waals surface area contributed by atoms with Gasteiger partial charge in [-0.1, -0.05) is 26.0 Å². The van der Waals surface area contributed by atoms with Gasteiger partial charge in [0.1, 0.15) is 0 Å². The summed E-state index contributed by atoms with van der Waals surface area (Å²) in [4.78, 5) is 26.6. The Balaban J connectivity index is 1.87. The van der Waals surface area contributed by atoms with Crippen molar-refractivity contribution in [2.75, 3.05) is 23.3 Å². The highest BCUT2D eigenvalue weighted by molar-refractivity contribution is 6.07. The number of hydrogen-bond acceptors (Lipinski definition) is 3. The predicted molar refractivity (Wildman–Crippen MR) is 110 cm³/mol. The number of piperidine rings is 1. The monoisotopic (exact) mass is 365 g/mol. The Morgan fingerprint density at radius 2 is 1.59 bits per heavy atom. The Hall–Kier alpha value is -2.82. The number of benzene rings is 2. The van der Waals surface area contributed by atoms with Gasteiger partial charge in [0.25, 0.3) is 5.91 Å². The van der Waals surface area contributed by atoms with Crippen LogP contribution >= 0.6 is 0 Å². The Bertz CT molecular complexity index is 822. The second-order valence-electron chi connectivity index (χ2n) is 7.37. The van der Waals surface area contributed by atoms with E-state index in [9.17, 15) is 9.59 Å². The minimum atomic E-state index is -0.503. The molecule has 0 aromatic heterocycles. The van der Waals surface area contributed by atoms with Crippen molar-refractivity contribution in [3.8, 4) is 0 Å². The zero-order valence-corrected chi connectivity index (χ0v) is 16.0. The molecule has 1 saturated heterocycles. The molecule has 0 radical (unpaired) electrons. The van der Waals surface area contributed by atoms with E-state index >= 15 is 0 Å². The molecule has 0 spiro atoms. The second kappa shape index (κ2) is 8.25. The third kappa shape index (κ3) is 4.48. The summed E-state index contributed by atoms with van der Waals surface area (Å²) in [7, 11) is 0. The molecule has 142 valence electrons. The zero-order valence-electron chi connectivity index (χ0n) is 16.0. The maximum Gasteiger partial charge on any atom is 0.255 e. The summed E-state index contributed by atoms with van der Waals surface area (Å²) in [5.41, 5.74) is 9.17. The van der Waals surface area contributed by atoms with Gasteiger partial charge in [-0.3, -0.25) is 9.59 Å². The van der Waals surface area contributed by atoms with E-state index in [4.69, 9.17) is 5.73 Å². The molecule has 27 heavy (non-hydrogen) atoms. The molecule has 2 aromatic rings. The smallest absolute Gasteiger partial charge is 0.255 e. The first-order chi connectivity index (χ1) is 13.0. The van der Waals surface area contributed by atoms with Crippen molar-refractivity contribution in [3.63, 3.8) is 0 Å². The molecular weight excluding hydrogens is 338 g/mol. The highest BCUT2D eigenvalue weighted by atomic mass is 16.2. The van der Waals surface area contributed by atoms with Crippen LogP contribution in [0.4, 0.5) is 11.4 Å². The van der Waals surface area contributed by atoms with E-state index in [1.165, 1.54) is 12.0 Å². The van der Waals surface area contributed by atoms with E-state index in [0.717, 1.165) is 31.6 Å². The molecular formula is C22H27N3O2. The number of amides is 2. The van der Waals surface area contributed by atoms with Crippen LogP contribution in [0.25, 0.3) is 0 Å². The number of nitrogens with two attached hydrogens (primary N) is 1. The molecule has 2 aromatic carbocycles. The lowest BCUT2D eigenvalue weighted by atomic mass is 10.0. The van der Waals surface area contributed by atoms with Crippen molar-refractivity contribution in [3.05, 3.63) is 59.2 Å².